The predicted molar refractivity (Wildman–Crippen MR) is 107 cm³/mol. The van der Waals surface area contributed by atoms with Gasteiger partial charge in [-0.05, 0) is 37.5 Å². The number of amides is 1. The lowest BCUT2D eigenvalue weighted by Gasteiger charge is -2.34. The smallest absolute Gasteiger partial charge is 0.238 e. The zero-order valence-corrected chi connectivity index (χ0v) is 16.1. The van der Waals surface area contributed by atoms with Gasteiger partial charge in [0.1, 0.15) is 0 Å². The molecule has 2 aromatic carbocycles. The number of carbonyl (C=O) groups is 1. The number of rotatable bonds is 5. The van der Waals surface area contributed by atoms with Crippen molar-refractivity contribution in [1.82, 2.24) is 9.80 Å². The van der Waals surface area contributed by atoms with Crippen molar-refractivity contribution in [2.45, 2.75) is 27.3 Å². The third-order valence-corrected chi connectivity index (χ3v) is 5.02. The molecule has 26 heavy (non-hydrogen) atoms. The van der Waals surface area contributed by atoms with E-state index >= 15 is 0 Å². The zero-order valence-electron chi connectivity index (χ0n) is 16.1. The van der Waals surface area contributed by atoms with Crippen molar-refractivity contribution in [3.8, 4) is 0 Å². The lowest BCUT2D eigenvalue weighted by molar-refractivity contribution is -0.117. The molecule has 0 unspecified atom stereocenters. The van der Waals surface area contributed by atoms with Crippen LogP contribution in [0, 0.1) is 20.8 Å². The molecular weight excluding hydrogens is 322 g/mol. The number of hydrogen-bond acceptors (Lipinski definition) is 3. The number of anilines is 1. The maximum atomic E-state index is 12.5. The molecule has 0 aromatic heterocycles. The number of piperazine rings is 1. The van der Waals surface area contributed by atoms with Gasteiger partial charge >= 0.3 is 0 Å². The fourth-order valence-corrected chi connectivity index (χ4v) is 3.71. The van der Waals surface area contributed by atoms with Gasteiger partial charge in [0.05, 0.1) is 6.54 Å². The van der Waals surface area contributed by atoms with Gasteiger partial charge in [0.15, 0.2) is 0 Å². The summed E-state index contributed by atoms with van der Waals surface area (Å²) in [5, 5.41) is 3.11. The first-order valence-electron chi connectivity index (χ1n) is 9.37. The summed E-state index contributed by atoms with van der Waals surface area (Å²) in [7, 11) is 0. The summed E-state index contributed by atoms with van der Waals surface area (Å²) in [5.41, 5.74) is 5.80. The first-order chi connectivity index (χ1) is 12.5. The Morgan fingerprint density at radius 3 is 2.12 bits per heavy atom. The summed E-state index contributed by atoms with van der Waals surface area (Å²) in [6.07, 6.45) is 0. The number of hydrogen-bond donors (Lipinski definition) is 1. The second-order valence-electron chi connectivity index (χ2n) is 7.36. The van der Waals surface area contributed by atoms with E-state index in [1.165, 1.54) is 11.1 Å². The Balaban J connectivity index is 1.48. The van der Waals surface area contributed by atoms with E-state index in [0.717, 1.165) is 49.5 Å². The molecule has 0 bridgehead atoms. The van der Waals surface area contributed by atoms with Crippen molar-refractivity contribution < 1.29 is 4.79 Å². The van der Waals surface area contributed by atoms with Crippen LogP contribution in [-0.4, -0.2) is 48.4 Å². The Morgan fingerprint density at radius 1 is 0.923 bits per heavy atom. The van der Waals surface area contributed by atoms with Crippen LogP contribution >= 0.6 is 0 Å². The van der Waals surface area contributed by atoms with Gasteiger partial charge < -0.3 is 5.32 Å². The van der Waals surface area contributed by atoms with Gasteiger partial charge in [-0.15, -0.1) is 0 Å². The molecule has 0 spiro atoms. The Kier molecular flexibility index (Phi) is 6.07. The van der Waals surface area contributed by atoms with E-state index in [-0.39, 0.29) is 5.91 Å². The van der Waals surface area contributed by atoms with Gasteiger partial charge in [-0.3, -0.25) is 14.6 Å². The summed E-state index contributed by atoms with van der Waals surface area (Å²) in [4.78, 5) is 17.2. The zero-order chi connectivity index (χ0) is 18.5. The number of aryl methyl sites for hydroxylation is 3. The highest BCUT2D eigenvalue weighted by molar-refractivity contribution is 5.93. The molecule has 1 N–H and O–H groups in total. The standard InChI is InChI=1S/C22H29N3O/c1-17-13-18(2)22(19(3)14-17)23-21(26)16-25-11-9-24(10-12-25)15-20-7-5-4-6-8-20/h4-8,13-14H,9-12,15-16H2,1-3H3,(H,23,26). The summed E-state index contributed by atoms with van der Waals surface area (Å²) in [6, 6.07) is 14.8. The number of benzene rings is 2. The van der Waals surface area contributed by atoms with Gasteiger partial charge in [0.2, 0.25) is 5.91 Å². The van der Waals surface area contributed by atoms with Crippen LogP contribution in [-0.2, 0) is 11.3 Å². The van der Waals surface area contributed by atoms with Crippen LogP contribution in [0.2, 0.25) is 0 Å². The summed E-state index contributed by atoms with van der Waals surface area (Å²) < 4.78 is 0. The predicted octanol–water partition coefficient (Wildman–Crippen LogP) is 3.37. The molecule has 2 aromatic rings. The molecule has 0 aliphatic carbocycles. The monoisotopic (exact) mass is 351 g/mol. The molecular formula is C22H29N3O. The van der Waals surface area contributed by atoms with Crippen LogP contribution in [0.15, 0.2) is 42.5 Å². The largest absolute Gasteiger partial charge is 0.324 e. The van der Waals surface area contributed by atoms with Gasteiger partial charge in [0.25, 0.3) is 0 Å². The van der Waals surface area contributed by atoms with E-state index < -0.39 is 0 Å². The lowest BCUT2D eigenvalue weighted by Crippen LogP contribution is -2.48. The molecule has 1 aliphatic heterocycles. The van der Waals surface area contributed by atoms with Crippen LogP contribution in [0.3, 0.4) is 0 Å². The number of carbonyl (C=O) groups excluding carboxylic acids is 1. The minimum Gasteiger partial charge on any atom is -0.324 e. The average Bonchev–Trinajstić information content (AvgIpc) is 2.61. The molecule has 1 fully saturated rings. The average molecular weight is 351 g/mol. The van der Waals surface area contributed by atoms with Crippen LogP contribution in [0.5, 0.6) is 0 Å². The molecule has 3 rings (SSSR count). The number of nitrogens with zero attached hydrogens (tertiary/aromatic N) is 2. The first kappa shape index (κ1) is 18.6. The minimum atomic E-state index is 0.0802. The molecule has 4 nitrogen and oxygen atoms in total. The minimum absolute atomic E-state index is 0.0802. The maximum absolute atomic E-state index is 12.5. The summed E-state index contributed by atoms with van der Waals surface area (Å²) in [6.45, 7) is 11.5. The van der Waals surface area contributed by atoms with E-state index in [9.17, 15) is 4.79 Å². The van der Waals surface area contributed by atoms with Crippen molar-refractivity contribution in [3.05, 3.63) is 64.7 Å². The first-order valence-corrected chi connectivity index (χ1v) is 9.37. The quantitative estimate of drug-likeness (QED) is 0.897. The summed E-state index contributed by atoms with van der Waals surface area (Å²) in [5.74, 6) is 0.0802. The van der Waals surface area contributed by atoms with Crippen molar-refractivity contribution in [3.63, 3.8) is 0 Å². The molecule has 4 heteroatoms. The van der Waals surface area contributed by atoms with E-state index in [4.69, 9.17) is 0 Å². The molecule has 1 amide bonds. The highest BCUT2D eigenvalue weighted by atomic mass is 16.2. The fraction of sp³-hybridized carbons (Fsp3) is 0.409. The van der Waals surface area contributed by atoms with Gasteiger partial charge in [-0.2, -0.15) is 0 Å². The van der Waals surface area contributed by atoms with Crippen molar-refractivity contribution >= 4 is 11.6 Å². The molecule has 1 heterocycles. The van der Waals surface area contributed by atoms with E-state index in [0.29, 0.717) is 6.54 Å². The third kappa shape index (κ3) is 4.93. The van der Waals surface area contributed by atoms with E-state index in [2.05, 4.69) is 78.4 Å². The molecule has 1 saturated heterocycles. The van der Waals surface area contributed by atoms with Crippen molar-refractivity contribution in [1.29, 1.82) is 0 Å². The second-order valence-corrected chi connectivity index (χ2v) is 7.36. The number of nitrogens with one attached hydrogen (secondary N) is 1. The van der Waals surface area contributed by atoms with Crippen LogP contribution in [0.4, 0.5) is 5.69 Å². The fourth-order valence-electron chi connectivity index (χ4n) is 3.71. The van der Waals surface area contributed by atoms with Crippen molar-refractivity contribution in [2.24, 2.45) is 0 Å². The van der Waals surface area contributed by atoms with Crippen LogP contribution in [0.25, 0.3) is 0 Å². The van der Waals surface area contributed by atoms with Gasteiger partial charge in [-0.1, -0.05) is 48.0 Å². The SMILES string of the molecule is Cc1cc(C)c(NC(=O)CN2CCN(Cc3ccccc3)CC2)c(C)c1. The molecule has 1 aliphatic rings. The third-order valence-electron chi connectivity index (χ3n) is 5.02. The highest BCUT2D eigenvalue weighted by Crippen LogP contribution is 2.22. The van der Waals surface area contributed by atoms with Gasteiger partial charge in [-0.25, -0.2) is 0 Å². The van der Waals surface area contributed by atoms with Crippen LogP contribution < -0.4 is 5.32 Å². The van der Waals surface area contributed by atoms with Crippen LogP contribution in [0.1, 0.15) is 22.3 Å². The molecule has 0 saturated carbocycles. The van der Waals surface area contributed by atoms with E-state index in [1.807, 2.05) is 0 Å². The van der Waals surface area contributed by atoms with Gasteiger partial charge in [0, 0.05) is 38.4 Å². The molecule has 0 atom stereocenters. The topological polar surface area (TPSA) is 35.6 Å². The Hall–Kier alpha value is -2.17. The molecule has 0 radical (unpaired) electrons. The lowest BCUT2D eigenvalue weighted by atomic mass is 10.1. The maximum Gasteiger partial charge on any atom is 0.238 e. The van der Waals surface area contributed by atoms with Crippen molar-refractivity contribution in [2.75, 3.05) is 38.0 Å². The van der Waals surface area contributed by atoms with E-state index in [1.54, 1.807) is 0 Å². The highest BCUT2D eigenvalue weighted by Gasteiger charge is 2.19. The molecule has 138 valence electrons. The Bertz CT molecular complexity index is 726. The Labute approximate surface area is 156 Å². The Morgan fingerprint density at radius 2 is 1.50 bits per heavy atom. The second kappa shape index (κ2) is 8.47. The summed E-state index contributed by atoms with van der Waals surface area (Å²) >= 11 is 0. The normalized spacial score (nSPS) is 15.8.